The maximum atomic E-state index is 14.7. The maximum absolute atomic E-state index is 14.7. The molecule has 4 heterocycles. The van der Waals surface area contributed by atoms with Crippen molar-refractivity contribution < 1.29 is 18.7 Å². The predicted molar refractivity (Wildman–Crippen MR) is 113 cm³/mol. The van der Waals surface area contributed by atoms with Gasteiger partial charge in [0.2, 0.25) is 5.43 Å². The van der Waals surface area contributed by atoms with Crippen LogP contribution in [0.1, 0.15) is 36.0 Å². The molecule has 1 atom stereocenters. The van der Waals surface area contributed by atoms with Gasteiger partial charge in [-0.2, -0.15) is 0 Å². The number of carbonyl (C=O) groups is 1. The third-order valence-corrected chi connectivity index (χ3v) is 6.03. The first-order valence-electron chi connectivity index (χ1n) is 10.5. The lowest BCUT2D eigenvalue weighted by Gasteiger charge is -2.26. The van der Waals surface area contributed by atoms with Crippen molar-refractivity contribution in [2.45, 2.75) is 37.8 Å². The summed E-state index contributed by atoms with van der Waals surface area (Å²) in [5, 5.41) is 12.8. The van der Waals surface area contributed by atoms with Gasteiger partial charge in [0.25, 0.3) is 5.91 Å². The van der Waals surface area contributed by atoms with Crippen molar-refractivity contribution >= 4 is 22.8 Å². The van der Waals surface area contributed by atoms with E-state index in [1.807, 2.05) is 4.90 Å². The van der Waals surface area contributed by atoms with Crippen molar-refractivity contribution in [1.29, 1.82) is 0 Å². The van der Waals surface area contributed by atoms with Gasteiger partial charge in [-0.25, -0.2) is 18.7 Å². The number of rotatable bonds is 4. The molecule has 0 spiro atoms. The highest BCUT2D eigenvalue weighted by atomic mass is 19.1. The molecule has 5 rings (SSSR count). The number of pyridine rings is 3. The second-order valence-electron chi connectivity index (χ2n) is 8.23. The SMILES string of the molecule is O=C(NC1CCC1)c1cn(-c2ncc(F)cc2F)c2nc(N3CCC(O)C3)ccc2c1=O. The molecule has 32 heavy (non-hydrogen) atoms. The molecule has 8 nitrogen and oxygen atoms in total. The monoisotopic (exact) mass is 441 g/mol. The molecule has 1 saturated carbocycles. The number of hydrogen-bond donors (Lipinski definition) is 2. The Morgan fingerprint density at radius 2 is 2.03 bits per heavy atom. The number of anilines is 1. The first-order valence-corrected chi connectivity index (χ1v) is 10.5. The van der Waals surface area contributed by atoms with E-state index in [-0.39, 0.29) is 28.5 Å². The Morgan fingerprint density at radius 3 is 2.69 bits per heavy atom. The average molecular weight is 441 g/mol. The minimum absolute atomic E-state index is 0.00817. The lowest BCUT2D eigenvalue weighted by molar-refractivity contribution is 0.0915. The summed E-state index contributed by atoms with van der Waals surface area (Å²) >= 11 is 0. The first kappa shape index (κ1) is 20.5. The third-order valence-electron chi connectivity index (χ3n) is 6.03. The van der Waals surface area contributed by atoms with Gasteiger partial charge in [0, 0.05) is 31.4 Å². The summed E-state index contributed by atoms with van der Waals surface area (Å²) in [6.45, 7) is 0.961. The molecule has 166 valence electrons. The first-order chi connectivity index (χ1) is 15.4. The summed E-state index contributed by atoms with van der Waals surface area (Å²) in [6.07, 6.45) is 4.86. The normalized spacial score (nSPS) is 18.7. The molecule has 1 aliphatic carbocycles. The van der Waals surface area contributed by atoms with Crippen LogP contribution < -0.4 is 15.6 Å². The Morgan fingerprint density at radius 1 is 1.22 bits per heavy atom. The Hall–Kier alpha value is -3.40. The maximum Gasteiger partial charge on any atom is 0.257 e. The van der Waals surface area contributed by atoms with Gasteiger partial charge in [0.15, 0.2) is 17.3 Å². The van der Waals surface area contributed by atoms with Crippen LogP contribution in [0.2, 0.25) is 0 Å². The Labute approximate surface area is 181 Å². The summed E-state index contributed by atoms with van der Waals surface area (Å²) in [6, 6.07) is 3.85. The van der Waals surface area contributed by atoms with Crippen LogP contribution in [0.25, 0.3) is 16.9 Å². The highest BCUT2D eigenvalue weighted by Gasteiger charge is 2.26. The second kappa shape index (κ2) is 7.94. The lowest BCUT2D eigenvalue weighted by Crippen LogP contribution is -2.41. The van der Waals surface area contributed by atoms with Crippen molar-refractivity contribution in [2.24, 2.45) is 0 Å². The molecule has 10 heteroatoms. The van der Waals surface area contributed by atoms with Crippen LogP contribution in [-0.2, 0) is 0 Å². The smallest absolute Gasteiger partial charge is 0.257 e. The zero-order chi connectivity index (χ0) is 22.4. The Kier molecular flexibility index (Phi) is 5.09. The largest absolute Gasteiger partial charge is 0.391 e. The van der Waals surface area contributed by atoms with Crippen LogP contribution in [0.15, 0.2) is 35.4 Å². The van der Waals surface area contributed by atoms with Gasteiger partial charge in [-0.15, -0.1) is 0 Å². The molecule has 2 aliphatic rings. The van der Waals surface area contributed by atoms with E-state index in [0.29, 0.717) is 31.4 Å². The number of fused-ring (bicyclic) bond motifs is 1. The van der Waals surface area contributed by atoms with Crippen molar-refractivity contribution in [3.8, 4) is 5.82 Å². The van der Waals surface area contributed by atoms with E-state index in [1.54, 1.807) is 6.07 Å². The summed E-state index contributed by atoms with van der Waals surface area (Å²) in [5.74, 6) is -2.13. The molecule has 1 amide bonds. The fourth-order valence-corrected chi connectivity index (χ4v) is 4.04. The number of carbonyl (C=O) groups excluding carboxylic acids is 1. The zero-order valence-corrected chi connectivity index (χ0v) is 17.1. The third kappa shape index (κ3) is 3.60. The van der Waals surface area contributed by atoms with Crippen LogP contribution in [0, 0.1) is 11.6 Å². The molecule has 3 aromatic rings. The van der Waals surface area contributed by atoms with Gasteiger partial charge >= 0.3 is 0 Å². The van der Waals surface area contributed by atoms with Crippen molar-refractivity contribution in [3.05, 3.63) is 58.0 Å². The van der Waals surface area contributed by atoms with Crippen LogP contribution in [0.5, 0.6) is 0 Å². The molecular formula is C22H21F2N5O3. The number of nitrogens with one attached hydrogen (secondary N) is 1. The molecule has 0 radical (unpaired) electrons. The molecule has 0 aromatic carbocycles. The molecule has 1 saturated heterocycles. The average Bonchev–Trinajstić information content (AvgIpc) is 3.17. The van der Waals surface area contributed by atoms with Crippen LogP contribution in [-0.4, -0.2) is 50.8 Å². The van der Waals surface area contributed by atoms with E-state index in [0.717, 1.165) is 25.5 Å². The molecule has 3 aromatic heterocycles. The number of amides is 1. The van der Waals surface area contributed by atoms with Crippen molar-refractivity contribution in [2.75, 3.05) is 18.0 Å². The molecule has 1 unspecified atom stereocenters. The number of β-amino-alcohol motifs (C(OH)–C–C–N with tert-alkyl or cyclic N) is 1. The van der Waals surface area contributed by atoms with Gasteiger partial charge in [-0.05, 0) is 37.8 Å². The van der Waals surface area contributed by atoms with E-state index in [9.17, 15) is 23.5 Å². The summed E-state index contributed by atoms with van der Waals surface area (Å²) in [7, 11) is 0. The molecule has 0 bridgehead atoms. The summed E-state index contributed by atoms with van der Waals surface area (Å²) in [4.78, 5) is 36.1. The lowest BCUT2D eigenvalue weighted by atomic mass is 9.93. The standard InChI is InChI=1S/C22H21F2N5O3/c23-12-8-17(24)21(25-9-12)29-11-16(22(32)26-13-2-1-3-13)19(31)15-4-5-18(27-20(15)29)28-7-6-14(30)10-28/h4-5,8-9,11,13-14,30H,1-3,6-7,10H2,(H,26,32). The number of hydrogen-bond acceptors (Lipinski definition) is 6. The number of aliphatic hydroxyl groups excluding tert-OH is 1. The van der Waals surface area contributed by atoms with Crippen molar-refractivity contribution in [1.82, 2.24) is 19.9 Å². The Bertz CT molecular complexity index is 1270. The van der Waals surface area contributed by atoms with Gasteiger partial charge in [-0.3, -0.25) is 14.2 Å². The second-order valence-corrected chi connectivity index (χ2v) is 8.23. The molecule has 2 fully saturated rings. The van der Waals surface area contributed by atoms with E-state index in [2.05, 4.69) is 15.3 Å². The minimum Gasteiger partial charge on any atom is -0.391 e. The van der Waals surface area contributed by atoms with E-state index in [4.69, 9.17) is 0 Å². The molecular weight excluding hydrogens is 420 g/mol. The predicted octanol–water partition coefficient (Wildman–Crippen LogP) is 1.91. The van der Waals surface area contributed by atoms with E-state index < -0.39 is 29.1 Å². The number of nitrogens with zero attached hydrogens (tertiary/aromatic N) is 4. The van der Waals surface area contributed by atoms with Crippen LogP contribution >= 0.6 is 0 Å². The number of halogens is 2. The molecule has 1 aliphatic heterocycles. The van der Waals surface area contributed by atoms with Gasteiger partial charge in [0.05, 0.1) is 17.7 Å². The minimum atomic E-state index is -0.955. The quantitative estimate of drug-likeness (QED) is 0.642. The van der Waals surface area contributed by atoms with Gasteiger partial charge < -0.3 is 15.3 Å². The number of aliphatic hydroxyl groups is 1. The highest BCUT2D eigenvalue weighted by molar-refractivity contribution is 5.97. The number of aromatic nitrogens is 3. The van der Waals surface area contributed by atoms with Gasteiger partial charge in [-0.1, -0.05) is 0 Å². The highest BCUT2D eigenvalue weighted by Crippen LogP contribution is 2.24. The zero-order valence-electron chi connectivity index (χ0n) is 17.1. The fourth-order valence-electron chi connectivity index (χ4n) is 4.04. The summed E-state index contributed by atoms with van der Waals surface area (Å²) in [5.41, 5.74) is -0.607. The summed E-state index contributed by atoms with van der Waals surface area (Å²) < 4.78 is 29.3. The van der Waals surface area contributed by atoms with E-state index >= 15 is 0 Å². The van der Waals surface area contributed by atoms with Crippen LogP contribution in [0.3, 0.4) is 0 Å². The topological polar surface area (TPSA) is 100 Å². The van der Waals surface area contributed by atoms with E-state index in [1.165, 1.54) is 16.8 Å². The fraction of sp³-hybridized carbons (Fsp3) is 0.364. The molecule has 2 N–H and O–H groups in total. The Balaban J connectivity index is 1.69. The van der Waals surface area contributed by atoms with Crippen LogP contribution in [0.4, 0.5) is 14.6 Å². The van der Waals surface area contributed by atoms with Crippen molar-refractivity contribution in [3.63, 3.8) is 0 Å². The van der Waals surface area contributed by atoms with Gasteiger partial charge in [0.1, 0.15) is 17.2 Å².